The van der Waals surface area contributed by atoms with Gasteiger partial charge in [0.05, 0.1) is 8.95 Å². The normalized spacial score (nSPS) is 14.2. The highest BCUT2D eigenvalue weighted by Crippen LogP contribution is 2.34. The van der Waals surface area contributed by atoms with Gasteiger partial charge < -0.3 is 9.26 Å². The molecule has 0 atom stereocenters. The van der Waals surface area contributed by atoms with E-state index in [1.54, 1.807) is 0 Å². The minimum Gasteiger partial charge on any atom is -0.485 e. The van der Waals surface area contributed by atoms with Gasteiger partial charge in [-0.2, -0.15) is 0 Å². The van der Waals surface area contributed by atoms with E-state index >= 15 is 0 Å². The summed E-state index contributed by atoms with van der Waals surface area (Å²) in [4.78, 5) is 0. The number of nitrogens with zero attached hydrogens (tertiary/aromatic N) is 1. The van der Waals surface area contributed by atoms with E-state index in [0.717, 1.165) is 39.0 Å². The van der Waals surface area contributed by atoms with Crippen molar-refractivity contribution in [2.45, 2.75) is 32.3 Å². The fraction of sp³-hybridized carbons (Fsp3) is 0.357. The Morgan fingerprint density at radius 3 is 2.68 bits per heavy atom. The maximum atomic E-state index is 5.86. The average molecular weight is 387 g/mol. The lowest BCUT2D eigenvalue weighted by atomic mass is 9.97. The molecule has 19 heavy (non-hydrogen) atoms. The zero-order chi connectivity index (χ0) is 13.2. The number of ether oxygens (including phenoxy) is 1. The fourth-order valence-electron chi connectivity index (χ4n) is 2.32. The van der Waals surface area contributed by atoms with Crippen LogP contribution in [0.2, 0.25) is 0 Å². The van der Waals surface area contributed by atoms with Crippen LogP contribution in [0.4, 0.5) is 0 Å². The lowest BCUT2D eigenvalue weighted by molar-refractivity contribution is 0.283. The molecule has 0 saturated carbocycles. The largest absolute Gasteiger partial charge is 0.485 e. The first kappa shape index (κ1) is 13.2. The molecule has 100 valence electrons. The van der Waals surface area contributed by atoms with Gasteiger partial charge in [0, 0.05) is 12.0 Å². The second-order valence-electron chi connectivity index (χ2n) is 4.58. The van der Waals surface area contributed by atoms with E-state index in [1.165, 1.54) is 18.4 Å². The summed E-state index contributed by atoms with van der Waals surface area (Å²) < 4.78 is 13.1. The first-order chi connectivity index (χ1) is 9.25. The molecule has 2 aromatic rings. The molecular weight excluding hydrogens is 374 g/mol. The van der Waals surface area contributed by atoms with Crippen LogP contribution in [-0.2, 0) is 19.4 Å². The number of fused-ring (bicyclic) bond motifs is 1. The highest BCUT2D eigenvalue weighted by Gasteiger charge is 2.20. The summed E-state index contributed by atoms with van der Waals surface area (Å²) in [6.07, 6.45) is 4.45. The average Bonchev–Trinajstić information content (AvgIpc) is 2.82. The lowest BCUT2D eigenvalue weighted by Gasteiger charge is -2.11. The highest BCUT2D eigenvalue weighted by molar-refractivity contribution is 9.11. The zero-order valence-corrected chi connectivity index (χ0v) is 13.5. The van der Waals surface area contributed by atoms with Crippen LogP contribution in [0.5, 0.6) is 5.75 Å². The number of aryl methyl sites for hydroxylation is 1. The van der Waals surface area contributed by atoms with Gasteiger partial charge in [0.15, 0.2) is 0 Å². The molecular formula is C14H13Br2NO2. The van der Waals surface area contributed by atoms with Crippen molar-refractivity contribution in [3.8, 4) is 5.75 Å². The Labute approximate surface area is 128 Å². The molecule has 0 bridgehead atoms. The smallest absolute Gasteiger partial charge is 0.148 e. The number of para-hydroxylation sites is 1. The first-order valence-corrected chi connectivity index (χ1v) is 7.87. The van der Waals surface area contributed by atoms with Gasteiger partial charge in [-0.15, -0.1) is 0 Å². The highest BCUT2D eigenvalue weighted by atomic mass is 79.9. The summed E-state index contributed by atoms with van der Waals surface area (Å²) in [7, 11) is 0. The molecule has 1 aromatic carbocycles. The molecule has 0 amide bonds. The molecule has 0 N–H and O–H groups in total. The maximum Gasteiger partial charge on any atom is 0.148 e. The van der Waals surface area contributed by atoms with Crippen LogP contribution in [-0.4, -0.2) is 5.16 Å². The second-order valence-corrected chi connectivity index (χ2v) is 6.29. The Balaban J connectivity index is 1.78. The van der Waals surface area contributed by atoms with Crippen molar-refractivity contribution in [3.63, 3.8) is 0 Å². The third-order valence-corrected chi connectivity index (χ3v) is 4.55. The number of hydrogen-bond donors (Lipinski definition) is 0. The Morgan fingerprint density at radius 2 is 1.89 bits per heavy atom. The second kappa shape index (κ2) is 5.67. The van der Waals surface area contributed by atoms with E-state index < -0.39 is 0 Å². The summed E-state index contributed by atoms with van der Waals surface area (Å²) in [5.74, 6) is 1.84. The van der Waals surface area contributed by atoms with Crippen LogP contribution in [0.3, 0.4) is 0 Å². The van der Waals surface area contributed by atoms with E-state index in [9.17, 15) is 0 Å². The monoisotopic (exact) mass is 385 g/mol. The van der Waals surface area contributed by atoms with Gasteiger partial charge in [0.2, 0.25) is 0 Å². The summed E-state index contributed by atoms with van der Waals surface area (Å²) in [5, 5.41) is 4.14. The van der Waals surface area contributed by atoms with Crippen molar-refractivity contribution < 1.29 is 9.26 Å². The molecule has 0 radical (unpaired) electrons. The van der Waals surface area contributed by atoms with E-state index in [1.807, 2.05) is 18.2 Å². The standard InChI is InChI=1S/C14H13Br2NO2/c15-10-5-3-6-11(16)14(10)18-8-12-9-4-1-2-7-13(9)19-17-12/h3,5-6H,1-2,4,7-8H2. The van der Waals surface area contributed by atoms with Gasteiger partial charge in [-0.1, -0.05) is 11.2 Å². The Morgan fingerprint density at radius 1 is 1.16 bits per heavy atom. The quantitative estimate of drug-likeness (QED) is 0.769. The zero-order valence-electron chi connectivity index (χ0n) is 10.3. The van der Waals surface area contributed by atoms with Crippen LogP contribution in [0.25, 0.3) is 0 Å². The molecule has 3 rings (SSSR count). The molecule has 3 nitrogen and oxygen atoms in total. The van der Waals surface area contributed by atoms with Gasteiger partial charge in [-0.25, -0.2) is 0 Å². The molecule has 1 aliphatic rings. The number of benzene rings is 1. The molecule has 1 heterocycles. The van der Waals surface area contributed by atoms with Crippen LogP contribution >= 0.6 is 31.9 Å². The Bertz CT molecular complexity index is 575. The van der Waals surface area contributed by atoms with E-state index in [0.29, 0.717) is 6.61 Å². The first-order valence-electron chi connectivity index (χ1n) is 6.29. The molecule has 0 saturated heterocycles. The SMILES string of the molecule is Brc1cccc(Br)c1OCc1noc2c1CCCC2. The topological polar surface area (TPSA) is 35.3 Å². The van der Waals surface area contributed by atoms with E-state index in [4.69, 9.17) is 9.26 Å². The van der Waals surface area contributed by atoms with E-state index in [2.05, 4.69) is 37.0 Å². The molecule has 1 aromatic heterocycles. The van der Waals surface area contributed by atoms with Crippen LogP contribution in [0.1, 0.15) is 29.9 Å². The third-order valence-electron chi connectivity index (χ3n) is 3.30. The Hall–Kier alpha value is -0.810. The van der Waals surface area contributed by atoms with Crippen LogP contribution in [0.15, 0.2) is 31.7 Å². The lowest BCUT2D eigenvalue weighted by Crippen LogP contribution is -2.05. The number of rotatable bonds is 3. The van der Waals surface area contributed by atoms with Crippen molar-refractivity contribution in [2.24, 2.45) is 0 Å². The Kier molecular flexibility index (Phi) is 3.93. The van der Waals surface area contributed by atoms with E-state index in [-0.39, 0.29) is 0 Å². The molecule has 0 spiro atoms. The number of halogens is 2. The van der Waals surface area contributed by atoms with Crippen LogP contribution < -0.4 is 4.74 Å². The van der Waals surface area contributed by atoms with Crippen molar-refractivity contribution in [1.29, 1.82) is 0 Å². The summed E-state index contributed by atoms with van der Waals surface area (Å²) in [5.41, 5.74) is 2.17. The minimum atomic E-state index is 0.444. The molecule has 0 fully saturated rings. The number of hydrogen-bond acceptors (Lipinski definition) is 3. The minimum absolute atomic E-state index is 0.444. The van der Waals surface area contributed by atoms with Crippen molar-refractivity contribution in [3.05, 3.63) is 44.2 Å². The molecule has 0 aliphatic heterocycles. The summed E-state index contributed by atoms with van der Waals surface area (Å²) >= 11 is 6.97. The molecule has 5 heteroatoms. The van der Waals surface area contributed by atoms with Gasteiger partial charge in [0.1, 0.15) is 23.8 Å². The predicted molar refractivity (Wildman–Crippen MR) is 79.3 cm³/mol. The maximum absolute atomic E-state index is 5.86. The molecule has 1 aliphatic carbocycles. The third kappa shape index (κ3) is 2.72. The molecule has 0 unspecified atom stereocenters. The van der Waals surface area contributed by atoms with Crippen LogP contribution in [0, 0.1) is 0 Å². The van der Waals surface area contributed by atoms with Crippen molar-refractivity contribution in [1.82, 2.24) is 5.16 Å². The van der Waals surface area contributed by atoms with Gasteiger partial charge in [0.25, 0.3) is 0 Å². The van der Waals surface area contributed by atoms with Gasteiger partial charge >= 0.3 is 0 Å². The summed E-state index contributed by atoms with van der Waals surface area (Å²) in [6.45, 7) is 0.444. The van der Waals surface area contributed by atoms with Crippen molar-refractivity contribution >= 4 is 31.9 Å². The van der Waals surface area contributed by atoms with Gasteiger partial charge in [-0.05, 0) is 63.3 Å². The number of aromatic nitrogens is 1. The predicted octanol–water partition coefficient (Wildman–Crippen LogP) is 4.66. The van der Waals surface area contributed by atoms with Crippen molar-refractivity contribution in [2.75, 3.05) is 0 Å². The summed E-state index contributed by atoms with van der Waals surface area (Å²) in [6, 6.07) is 5.87. The fourth-order valence-corrected chi connectivity index (χ4v) is 3.55. The van der Waals surface area contributed by atoms with Gasteiger partial charge in [-0.3, -0.25) is 0 Å².